The summed E-state index contributed by atoms with van der Waals surface area (Å²) in [5, 5.41) is 5.82. The van der Waals surface area contributed by atoms with E-state index in [2.05, 4.69) is 10.5 Å². The average molecular weight is 442 g/mol. The molecular formula is C22H23N3O3S2. The summed E-state index contributed by atoms with van der Waals surface area (Å²) in [5.41, 5.74) is 5.24. The summed E-state index contributed by atoms with van der Waals surface area (Å²) in [6.45, 7) is 3.59. The van der Waals surface area contributed by atoms with Gasteiger partial charge in [-0.25, -0.2) is 13.8 Å². The number of thiophene rings is 1. The molecule has 0 unspecified atom stereocenters. The molecule has 0 radical (unpaired) electrons. The summed E-state index contributed by atoms with van der Waals surface area (Å²) in [4.78, 5) is 13.5. The molecule has 0 aliphatic rings. The third-order valence-electron chi connectivity index (χ3n) is 4.38. The van der Waals surface area contributed by atoms with Crippen molar-refractivity contribution in [2.75, 3.05) is 6.54 Å². The van der Waals surface area contributed by atoms with Crippen molar-refractivity contribution in [3.05, 3.63) is 87.6 Å². The normalized spacial score (nSPS) is 11.8. The number of amides is 1. The van der Waals surface area contributed by atoms with Gasteiger partial charge in [0.25, 0.3) is 5.91 Å². The van der Waals surface area contributed by atoms with Crippen LogP contribution in [0.3, 0.4) is 0 Å². The van der Waals surface area contributed by atoms with Gasteiger partial charge in [0.2, 0.25) is 10.0 Å². The molecule has 0 spiro atoms. The van der Waals surface area contributed by atoms with Crippen molar-refractivity contribution in [1.82, 2.24) is 9.73 Å². The Balaban J connectivity index is 1.80. The van der Waals surface area contributed by atoms with E-state index in [-0.39, 0.29) is 18.0 Å². The number of carbonyl (C=O) groups excluding carboxylic acids is 1. The molecule has 2 aromatic carbocycles. The summed E-state index contributed by atoms with van der Waals surface area (Å²) >= 11 is 1.49. The van der Waals surface area contributed by atoms with Gasteiger partial charge < -0.3 is 0 Å². The third kappa shape index (κ3) is 5.85. The second-order valence-electron chi connectivity index (χ2n) is 6.88. The fraction of sp³-hybridized carbons (Fsp3) is 0.182. The molecule has 6 nitrogen and oxygen atoms in total. The summed E-state index contributed by atoms with van der Waals surface area (Å²) in [6.07, 6.45) is 1.53. The maximum absolute atomic E-state index is 13.2. The molecule has 3 aromatic rings. The Morgan fingerprint density at radius 1 is 1.03 bits per heavy atom. The Kier molecular flexibility index (Phi) is 7.15. The van der Waals surface area contributed by atoms with Crippen LogP contribution in [0.4, 0.5) is 0 Å². The summed E-state index contributed by atoms with van der Waals surface area (Å²) in [6, 6.07) is 17.9. The average Bonchev–Trinajstić information content (AvgIpc) is 3.23. The number of carbonyl (C=O) groups is 1. The predicted molar refractivity (Wildman–Crippen MR) is 120 cm³/mol. The fourth-order valence-corrected chi connectivity index (χ4v) is 4.68. The molecule has 0 bridgehead atoms. The number of aryl methyl sites for hydroxylation is 2. The minimum absolute atomic E-state index is 0.0819. The van der Waals surface area contributed by atoms with Crippen molar-refractivity contribution < 1.29 is 13.2 Å². The van der Waals surface area contributed by atoms with Crippen molar-refractivity contribution in [2.45, 2.75) is 25.3 Å². The Labute approximate surface area is 180 Å². The largest absolute Gasteiger partial charge is 0.272 e. The first-order chi connectivity index (χ1) is 14.3. The first kappa shape index (κ1) is 21.9. The molecule has 1 N–H and O–H groups in total. The highest BCUT2D eigenvalue weighted by atomic mass is 32.2. The maximum atomic E-state index is 13.2. The highest BCUT2D eigenvalue weighted by Crippen LogP contribution is 2.19. The molecule has 0 aliphatic carbocycles. The topological polar surface area (TPSA) is 78.8 Å². The van der Waals surface area contributed by atoms with E-state index in [1.165, 1.54) is 21.9 Å². The SMILES string of the molecule is Cc1ccc(CN(CC(=O)NN=Cc2cccs2)S(=O)(=O)c2ccc(C)cc2)cc1. The Hall–Kier alpha value is -2.81. The van der Waals surface area contributed by atoms with E-state index in [1.54, 1.807) is 24.3 Å². The zero-order valence-corrected chi connectivity index (χ0v) is 18.4. The van der Waals surface area contributed by atoms with Crippen molar-refractivity contribution in [2.24, 2.45) is 5.10 Å². The molecule has 1 heterocycles. The molecule has 1 aromatic heterocycles. The maximum Gasteiger partial charge on any atom is 0.255 e. The Morgan fingerprint density at radius 2 is 1.67 bits per heavy atom. The van der Waals surface area contributed by atoms with Crippen LogP contribution in [0.1, 0.15) is 21.6 Å². The van der Waals surface area contributed by atoms with E-state index in [0.29, 0.717) is 0 Å². The molecule has 8 heteroatoms. The zero-order chi connectivity index (χ0) is 21.6. The van der Waals surface area contributed by atoms with Crippen LogP contribution < -0.4 is 5.43 Å². The molecule has 156 valence electrons. The molecule has 0 fully saturated rings. The van der Waals surface area contributed by atoms with Gasteiger partial charge in [-0.05, 0) is 43.0 Å². The van der Waals surface area contributed by atoms with Crippen LogP contribution in [0, 0.1) is 13.8 Å². The molecule has 3 rings (SSSR count). The summed E-state index contributed by atoms with van der Waals surface area (Å²) < 4.78 is 27.6. The van der Waals surface area contributed by atoms with Gasteiger partial charge in [0.1, 0.15) is 0 Å². The van der Waals surface area contributed by atoms with Crippen molar-refractivity contribution in [3.63, 3.8) is 0 Å². The molecule has 0 saturated heterocycles. The van der Waals surface area contributed by atoms with Crippen LogP contribution >= 0.6 is 11.3 Å². The smallest absolute Gasteiger partial charge is 0.255 e. The number of rotatable bonds is 8. The minimum atomic E-state index is -3.87. The van der Waals surface area contributed by atoms with Crippen LogP contribution in [0.15, 0.2) is 76.0 Å². The number of benzene rings is 2. The van der Waals surface area contributed by atoms with E-state index >= 15 is 0 Å². The number of hydrazone groups is 1. The van der Waals surface area contributed by atoms with Crippen molar-refractivity contribution >= 4 is 33.5 Å². The number of hydrogen-bond donors (Lipinski definition) is 1. The lowest BCUT2D eigenvalue weighted by molar-refractivity contribution is -0.121. The van der Waals surface area contributed by atoms with E-state index in [4.69, 9.17) is 0 Å². The number of nitrogens with one attached hydrogen (secondary N) is 1. The van der Waals surface area contributed by atoms with Gasteiger partial charge in [0, 0.05) is 11.4 Å². The lowest BCUT2D eigenvalue weighted by Gasteiger charge is -2.21. The lowest BCUT2D eigenvalue weighted by Crippen LogP contribution is -2.39. The monoisotopic (exact) mass is 441 g/mol. The van der Waals surface area contributed by atoms with Gasteiger partial charge >= 0.3 is 0 Å². The first-order valence-electron chi connectivity index (χ1n) is 9.32. The van der Waals surface area contributed by atoms with Gasteiger partial charge in [0.05, 0.1) is 17.7 Å². The highest BCUT2D eigenvalue weighted by molar-refractivity contribution is 7.89. The minimum Gasteiger partial charge on any atom is -0.272 e. The Morgan fingerprint density at radius 3 is 2.27 bits per heavy atom. The molecule has 0 aliphatic heterocycles. The van der Waals surface area contributed by atoms with Gasteiger partial charge in [-0.3, -0.25) is 4.79 Å². The van der Waals surface area contributed by atoms with Crippen molar-refractivity contribution in [3.8, 4) is 0 Å². The lowest BCUT2D eigenvalue weighted by atomic mass is 10.1. The van der Waals surface area contributed by atoms with Crippen LogP contribution in [-0.4, -0.2) is 31.4 Å². The highest BCUT2D eigenvalue weighted by Gasteiger charge is 2.26. The van der Waals surface area contributed by atoms with Gasteiger partial charge in [-0.1, -0.05) is 53.6 Å². The molecule has 1 amide bonds. The van der Waals surface area contributed by atoms with Gasteiger partial charge in [-0.2, -0.15) is 9.41 Å². The number of sulfonamides is 1. The Bertz CT molecular complexity index is 1110. The van der Waals surface area contributed by atoms with Gasteiger partial charge in [0.15, 0.2) is 0 Å². The van der Waals surface area contributed by atoms with E-state index in [1.807, 2.05) is 55.6 Å². The molecular weight excluding hydrogens is 418 g/mol. The van der Waals surface area contributed by atoms with Gasteiger partial charge in [-0.15, -0.1) is 11.3 Å². The molecule has 30 heavy (non-hydrogen) atoms. The molecule has 0 saturated carbocycles. The first-order valence-corrected chi connectivity index (χ1v) is 11.6. The predicted octanol–water partition coefficient (Wildman–Crippen LogP) is 3.71. The standard InChI is InChI=1S/C22H23N3O3S2/c1-17-5-9-19(10-6-17)15-25(30(27,28)21-11-7-18(2)8-12-21)16-22(26)24-23-14-20-4-3-13-29-20/h3-14H,15-16H2,1-2H3,(H,24,26). The quantitative estimate of drug-likeness (QED) is 0.428. The number of nitrogens with zero attached hydrogens (tertiary/aromatic N) is 2. The molecule has 0 atom stereocenters. The van der Waals surface area contributed by atoms with Crippen molar-refractivity contribution in [1.29, 1.82) is 0 Å². The fourth-order valence-electron chi connectivity index (χ4n) is 2.71. The van der Waals surface area contributed by atoms with Crippen LogP contribution in [0.2, 0.25) is 0 Å². The summed E-state index contributed by atoms with van der Waals surface area (Å²) in [7, 11) is -3.87. The summed E-state index contributed by atoms with van der Waals surface area (Å²) in [5.74, 6) is -0.509. The van der Waals surface area contributed by atoms with E-state index < -0.39 is 15.9 Å². The van der Waals surface area contributed by atoms with E-state index in [0.717, 1.165) is 21.6 Å². The van der Waals surface area contributed by atoms with E-state index in [9.17, 15) is 13.2 Å². The van der Waals surface area contributed by atoms with Crippen LogP contribution in [0.25, 0.3) is 0 Å². The number of hydrogen-bond acceptors (Lipinski definition) is 5. The van der Waals surface area contributed by atoms with Crippen LogP contribution in [-0.2, 0) is 21.4 Å². The zero-order valence-electron chi connectivity index (χ0n) is 16.8. The third-order valence-corrected chi connectivity index (χ3v) is 7.00. The second-order valence-corrected chi connectivity index (χ2v) is 9.80. The van der Waals surface area contributed by atoms with Crippen LogP contribution in [0.5, 0.6) is 0 Å². The second kappa shape index (κ2) is 9.80.